The molecule has 0 aliphatic carbocycles. The Balaban J connectivity index is 0.00000400. The number of rotatable bonds is 7. The summed E-state index contributed by atoms with van der Waals surface area (Å²) >= 11 is 0. The Morgan fingerprint density at radius 1 is 1.14 bits per heavy atom. The van der Waals surface area contributed by atoms with Crippen LogP contribution in [0.4, 0.5) is 0 Å². The number of unbranched alkanes of at least 4 members (excludes halogenated alkanes) is 3. The lowest BCUT2D eigenvalue weighted by atomic mass is 10.1. The van der Waals surface area contributed by atoms with E-state index in [2.05, 4.69) is 28.6 Å². The molecule has 1 rings (SSSR count). The van der Waals surface area contributed by atoms with Crippen LogP contribution in [0, 0.1) is 11.3 Å². The van der Waals surface area contributed by atoms with Crippen molar-refractivity contribution in [3.05, 3.63) is 35.4 Å². The van der Waals surface area contributed by atoms with Crippen molar-refractivity contribution < 1.29 is 0 Å². The fourth-order valence-electron chi connectivity index (χ4n) is 1.86. The Bertz CT molecular complexity index is 448. The van der Waals surface area contributed by atoms with E-state index < -0.39 is 0 Å². The van der Waals surface area contributed by atoms with Crippen LogP contribution < -0.4 is 10.6 Å². The lowest BCUT2D eigenvalue weighted by molar-refractivity contribution is 0.647. The number of benzene rings is 1. The Hall–Kier alpha value is -1.29. The van der Waals surface area contributed by atoms with Crippen LogP contribution in [0.5, 0.6) is 0 Å². The Morgan fingerprint density at radius 3 is 2.43 bits per heavy atom. The molecule has 2 N–H and O–H groups in total. The lowest BCUT2D eigenvalue weighted by Gasteiger charge is -2.11. The van der Waals surface area contributed by atoms with Crippen LogP contribution in [0.1, 0.15) is 43.7 Å². The second-order valence-corrected chi connectivity index (χ2v) is 4.72. The summed E-state index contributed by atoms with van der Waals surface area (Å²) in [7, 11) is 1.78. The molecule has 0 saturated heterocycles. The molecule has 0 aliphatic heterocycles. The third kappa shape index (κ3) is 8.56. The van der Waals surface area contributed by atoms with Crippen molar-refractivity contribution in [2.24, 2.45) is 4.99 Å². The SMILES string of the molecule is CCCCCCNC(=NC)NCc1ccc(C#N)cc1.I. The van der Waals surface area contributed by atoms with Gasteiger partial charge in [-0.1, -0.05) is 38.3 Å². The van der Waals surface area contributed by atoms with Crippen molar-refractivity contribution in [3.8, 4) is 6.07 Å². The Kier molecular flexibility index (Phi) is 11.7. The minimum Gasteiger partial charge on any atom is -0.356 e. The van der Waals surface area contributed by atoms with Crippen molar-refractivity contribution >= 4 is 29.9 Å². The molecule has 116 valence electrons. The van der Waals surface area contributed by atoms with E-state index in [1.165, 1.54) is 25.7 Å². The first-order valence-corrected chi connectivity index (χ1v) is 7.23. The van der Waals surface area contributed by atoms with Crippen LogP contribution in [-0.4, -0.2) is 19.6 Å². The third-order valence-corrected chi connectivity index (χ3v) is 3.09. The topological polar surface area (TPSA) is 60.2 Å². The minimum absolute atomic E-state index is 0. The van der Waals surface area contributed by atoms with Crippen LogP contribution in [0.2, 0.25) is 0 Å². The minimum atomic E-state index is 0. The molecule has 0 saturated carbocycles. The fourth-order valence-corrected chi connectivity index (χ4v) is 1.86. The van der Waals surface area contributed by atoms with Gasteiger partial charge in [0.05, 0.1) is 11.6 Å². The highest BCUT2D eigenvalue weighted by molar-refractivity contribution is 14.0. The second kappa shape index (κ2) is 12.5. The highest BCUT2D eigenvalue weighted by atomic mass is 127. The molecule has 0 aliphatic rings. The Morgan fingerprint density at radius 2 is 1.86 bits per heavy atom. The van der Waals surface area contributed by atoms with Crippen LogP contribution in [0.15, 0.2) is 29.3 Å². The number of nitriles is 1. The summed E-state index contributed by atoms with van der Waals surface area (Å²) in [5, 5.41) is 15.3. The molecule has 0 spiro atoms. The van der Waals surface area contributed by atoms with Crippen molar-refractivity contribution in [2.45, 2.75) is 39.2 Å². The van der Waals surface area contributed by atoms with Crippen molar-refractivity contribution in [2.75, 3.05) is 13.6 Å². The number of aliphatic imine (C=N–C) groups is 1. The number of hydrogen-bond acceptors (Lipinski definition) is 2. The number of guanidine groups is 1. The average molecular weight is 400 g/mol. The van der Waals surface area contributed by atoms with E-state index in [0.29, 0.717) is 12.1 Å². The van der Waals surface area contributed by atoms with Gasteiger partial charge >= 0.3 is 0 Å². The Labute approximate surface area is 145 Å². The predicted octanol–water partition coefficient (Wildman–Crippen LogP) is 3.42. The number of nitrogens with one attached hydrogen (secondary N) is 2. The first-order chi connectivity index (χ1) is 9.80. The zero-order valence-electron chi connectivity index (χ0n) is 12.9. The summed E-state index contributed by atoms with van der Waals surface area (Å²) in [6.45, 7) is 3.87. The molecular weight excluding hydrogens is 375 g/mol. The van der Waals surface area contributed by atoms with E-state index in [-0.39, 0.29) is 24.0 Å². The van der Waals surface area contributed by atoms with Crippen LogP contribution in [0.3, 0.4) is 0 Å². The quantitative estimate of drug-likeness (QED) is 0.319. The summed E-state index contributed by atoms with van der Waals surface area (Å²) in [4.78, 5) is 4.20. The van der Waals surface area contributed by atoms with Gasteiger partial charge in [-0.3, -0.25) is 4.99 Å². The molecule has 0 heterocycles. The van der Waals surface area contributed by atoms with E-state index >= 15 is 0 Å². The zero-order chi connectivity index (χ0) is 14.6. The van der Waals surface area contributed by atoms with Crippen molar-refractivity contribution in [3.63, 3.8) is 0 Å². The summed E-state index contributed by atoms with van der Waals surface area (Å²) < 4.78 is 0. The molecule has 0 atom stereocenters. The molecule has 5 heteroatoms. The van der Waals surface area contributed by atoms with Gasteiger partial charge in [-0.05, 0) is 24.1 Å². The second-order valence-electron chi connectivity index (χ2n) is 4.72. The highest BCUT2D eigenvalue weighted by Crippen LogP contribution is 2.02. The van der Waals surface area contributed by atoms with Crippen LogP contribution >= 0.6 is 24.0 Å². The van der Waals surface area contributed by atoms with E-state index in [1.807, 2.05) is 24.3 Å². The van der Waals surface area contributed by atoms with E-state index in [4.69, 9.17) is 5.26 Å². The molecule has 0 aromatic heterocycles. The van der Waals surface area contributed by atoms with E-state index in [1.54, 1.807) is 7.05 Å². The van der Waals surface area contributed by atoms with Crippen molar-refractivity contribution in [1.82, 2.24) is 10.6 Å². The molecule has 0 fully saturated rings. The molecule has 21 heavy (non-hydrogen) atoms. The van der Waals surface area contributed by atoms with Gasteiger partial charge in [-0.15, -0.1) is 24.0 Å². The molecule has 4 nitrogen and oxygen atoms in total. The van der Waals surface area contributed by atoms with Gasteiger partial charge in [0, 0.05) is 20.1 Å². The molecule has 0 radical (unpaired) electrons. The molecule has 1 aromatic rings. The highest BCUT2D eigenvalue weighted by Gasteiger charge is 1.98. The van der Waals surface area contributed by atoms with E-state index in [9.17, 15) is 0 Å². The number of halogens is 1. The predicted molar refractivity (Wildman–Crippen MR) is 98.9 cm³/mol. The fraction of sp³-hybridized carbons (Fsp3) is 0.500. The van der Waals surface area contributed by atoms with Crippen molar-refractivity contribution in [1.29, 1.82) is 5.26 Å². The van der Waals surface area contributed by atoms with Gasteiger partial charge in [0.25, 0.3) is 0 Å². The molecule has 0 bridgehead atoms. The normalized spacial score (nSPS) is 10.4. The monoisotopic (exact) mass is 400 g/mol. The summed E-state index contributed by atoms with van der Waals surface area (Å²) in [6, 6.07) is 9.70. The first kappa shape index (κ1) is 19.7. The molecular formula is C16H25IN4. The summed E-state index contributed by atoms with van der Waals surface area (Å²) in [6.07, 6.45) is 4.98. The van der Waals surface area contributed by atoms with Gasteiger partial charge in [0.1, 0.15) is 0 Å². The first-order valence-electron chi connectivity index (χ1n) is 7.23. The standard InChI is InChI=1S/C16H24N4.HI/c1-3-4-5-6-11-19-16(18-2)20-13-15-9-7-14(12-17)8-10-15;/h7-10H,3-6,11,13H2,1-2H3,(H2,18,19,20);1H. The van der Waals surface area contributed by atoms with E-state index in [0.717, 1.165) is 18.1 Å². The van der Waals surface area contributed by atoms with Gasteiger partial charge in [-0.2, -0.15) is 5.26 Å². The maximum Gasteiger partial charge on any atom is 0.191 e. The lowest BCUT2D eigenvalue weighted by Crippen LogP contribution is -2.37. The zero-order valence-corrected chi connectivity index (χ0v) is 15.2. The van der Waals surface area contributed by atoms with Gasteiger partial charge in [0.2, 0.25) is 0 Å². The maximum absolute atomic E-state index is 8.75. The smallest absolute Gasteiger partial charge is 0.191 e. The molecule has 0 unspecified atom stereocenters. The van der Waals surface area contributed by atoms with Gasteiger partial charge < -0.3 is 10.6 Å². The van der Waals surface area contributed by atoms with Gasteiger partial charge in [-0.25, -0.2) is 0 Å². The molecule has 1 aromatic carbocycles. The van der Waals surface area contributed by atoms with Crippen LogP contribution in [0.25, 0.3) is 0 Å². The number of hydrogen-bond donors (Lipinski definition) is 2. The summed E-state index contributed by atoms with van der Waals surface area (Å²) in [5.74, 6) is 0.825. The third-order valence-electron chi connectivity index (χ3n) is 3.09. The van der Waals surface area contributed by atoms with Gasteiger partial charge in [0.15, 0.2) is 5.96 Å². The number of nitrogens with zero attached hydrogens (tertiary/aromatic N) is 2. The maximum atomic E-state index is 8.75. The summed E-state index contributed by atoms with van der Waals surface area (Å²) in [5.41, 5.74) is 1.82. The largest absolute Gasteiger partial charge is 0.356 e. The average Bonchev–Trinajstić information content (AvgIpc) is 2.50. The van der Waals surface area contributed by atoms with Crippen LogP contribution in [-0.2, 0) is 6.54 Å². The molecule has 0 amide bonds.